The Hall–Kier alpha value is -3.00. The molecule has 170 valence electrons. The van der Waals surface area contributed by atoms with Crippen LogP contribution in [0.5, 0.6) is 11.5 Å². The van der Waals surface area contributed by atoms with Crippen molar-refractivity contribution in [2.45, 2.75) is 32.5 Å². The number of ether oxygens (including phenoxy) is 1. The maximum atomic E-state index is 14.0. The Morgan fingerprint density at radius 1 is 1.19 bits per heavy atom. The summed E-state index contributed by atoms with van der Waals surface area (Å²) in [4.78, 5) is 15.3. The Balaban J connectivity index is 1.92. The number of phenolic OH excluding ortho intramolecular Hbond substituents is 1. The number of hydrogen-bond acceptors (Lipinski definition) is 5. The SMILES string of the molecule is COc1ccc(-c2c(C(F)(F)F)oc3c(CN4CCC[C@H](C)C4)c(O)ccc3c2=O)cc1. The fourth-order valence-corrected chi connectivity index (χ4v) is 4.33. The number of piperidine rings is 1. The second kappa shape index (κ2) is 8.50. The molecule has 1 N–H and O–H groups in total. The summed E-state index contributed by atoms with van der Waals surface area (Å²) in [6, 6.07) is 8.40. The minimum atomic E-state index is -4.90. The summed E-state index contributed by atoms with van der Waals surface area (Å²) in [5.41, 5.74) is -1.31. The van der Waals surface area contributed by atoms with E-state index in [4.69, 9.17) is 9.15 Å². The number of nitrogens with zero attached hydrogens (tertiary/aromatic N) is 1. The molecule has 0 aliphatic carbocycles. The Kier molecular flexibility index (Phi) is 5.90. The quantitative estimate of drug-likeness (QED) is 0.578. The smallest absolute Gasteiger partial charge is 0.450 e. The summed E-state index contributed by atoms with van der Waals surface area (Å²) in [6.07, 6.45) is -2.85. The number of likely N-dealkylation sites (tertiary alicyclic amines) is 1. The van der Waals surface area contributed by atoms with E-state index in [1.54, 1.807) is 0 Å². The monoisotopic (exact) mass is 447 g/mol. The molecule has 0 unspecified atom stereocenters. The van der Waals surface area contributed by atoms with E-state index in [1.807, 2.05) is 0 Å². The van der Waals surface area contributed by atoms with Crippen LogP contribution in [0, 0.1) is 5.92 Å². The van der Waals surface area contributed by atoms with Crippen LogP contribution in [-0.2, 0) is 12.7 Å². The van der Waals surface area contributed by atoms with E-state index >= 15 is 0 Å². The number of phenols is 1. The lowest BCUT2D eigenvalue weighted by molar-refractivity contribution is -0.152. The molecule has 2 aromatic carbocycles. The minimum absolute atomic E-state index is 0.00155. The van der Waals surface area contributed by atoms with Gasteiger partial charge in [0.25, 0.3) is 0 Å². The van der Waals surface area contributed by atoms with E-state index in [0.717, 1.165) is 25.9 Å². The molecule has 0 radical (unpaired) electrons. The molecule has 0 bridgehead atoms. The second-order valence-corrected chi connectivity index (χ2v) is 8.28. The number of benzene rings is 2. The molecule has 5 nitrogen and oxygen atoms in total. The van der Waals surface area contributed by atoms with E-state index in [-0.39, 0.29) is 34.4 Å². The van der Waals surface area contributed by atoms with Crippen molar-refractivity contribution in [1.29, 1.82) is 0 Å². The molecule has 2 heterocycles. The molecule has 1 fully saturated rings. The minimum Gasteiger partial charge on any atom is -0.507 e. The molecule has 32 heavy (non-hydrogen) atoms. The summed E-state index contributed by atoms with van der Waals surface area (Å²) in [6.45, 7) is 3.84. The van der Waals surface area contributed by atoms with Crippen molar-refractivity contribution in [3.63, 3.8) is 0 Å². The Morgan fingerprint density at radius 3 is 2.53 bits per heavy atom. The molecule has 1 aliphatic rings. The molecule has 1 atom stereocenters. The van der Waals surface area contributed by atoms with E-state index in [9.17, 15) is 23.1 Å². The number of alkyl halides is 3. The van der Waals surface area contributed by atoms with Gasteiger partial charge in [-0.05, 0) is 55.1 Å². The number of methoxy groups -OCH3 is 1. The van der Waals surface area contributed by atoms with Crippen LogP contribution in [0.2, 0.25) is 0 Å². The third-order valence-corrected chi connectivity index (χ3v) is 5.90. The summed E-state index contributed by atoms with van der Waals surface area (Å²) < 4.78 is 52.4. The van der Waals surface area contributed by atoms with Crippen LogP contribution in [0.1, 0.15) is 31.1 Å². The summed E-state index contributed by atoms with van der Waals surface area (Å²) in [5.74, 6) is -0.668. The maximum absolute atomic E-state index is 14.0. The molecule has 0 spiro atoms. The number of aromatic hydroxyl groups is 1. The highest BCUT2D eigenvalue weighted by atomic mass is 19.4. The van der Waals surface area contributed by atoms with Crippen molar-refractivity contribution < 1.29 is 27.4 Å². The highest BCUT2D eigenvalue weighted by Crippen LogP contribution is 2.39. The van der Waals surface area contributed by atoms with Crippen LogP contribution in [0.15, 0.2) is 45.6 Å². The lowest BCUT2D eigenvalue weighted by Crippen LogP contribution is -2.33. The second-order valence-electron chi connectivity index (χ2n) is 8.28. The van der Waals surface area contributed by atoms with Crippen molar-refractivity contribution in [3.8, 4) is 22.6 Å². The van der Waals surface area contributed by atoms with Gasteiger partial charge in [0.1, 0.15) is 17.1 Å². The van der Waals surface area contributed by atoms with Gasteiger partial charge in [0.05, 0.1) is 23.6 Å². The number of fused-ring (bicyclic) bond motifs is 1. The van der Waals surface area contributed by atoms with E-state index in [1.165, 1.54) is 43.5 Å². The van der Waals surface area contributed by atoms with Crippen molar-refractivity contribution in [3.05, 3.63) is 57.9 Å². The predicted molar refractivity (Wildman–Crippen MR) is 115 cm³/mol. The van der Waals surface area contributed by atoms with Gasteiger partial charge in [0.15, 0.2) is 0 Å². The van der Waals surface area contributed by atoms with Crippen LogP contribution < -0.4 is 10.2 Å². The average molecular weight is 447 g/mol. The molecule has 4 rings (SSSR count). The third-order valence-electron chi connectivity index (χ3n) is 5.90. The van der Waals surface area contributed by atoms with Crippen LogP contribution in [0.4, 0.5) is 13.2 Å². The molecule has 1 saturated heterocycles. The van der Waals surface area contributed by atoms with E-state index in [0.29, 0.717) is 11.7 Å². The van der Waals surface area contributed by atoms with Gasteiger partial charge in [-0.3, -0.25) is 9.69 Å². The van der Waals surface area contributed by atoms with Gasteiger partial charge in [0.2, 0.25) is 11.2 Å². The molecule has 0 saturated carbocycles. The van der Waals surface area contributed by atoms with Gasteiger partial charge in [-0.2, -0.15) is 13.2 Å². The van der Waals surface area contributed by atoms with Gasteiger partial charge < -0.3 is 14.3 Å². The van der Waals surface area contributed by atoms with Crippen molar-refractivity contribution in [2.75, 3.05) is 20.2 Å². The molecule has 1 aromatic heterocycles. The first-order valence-corrected chi connectivity index (χ1v) is 10.4. The van der Waals surface area contributed by atoms with Crippen molar-refractivity contribution >= 4 is 11.0 Å². The predicted octanol–water partition coefficient (Wildman–Crippen LogP) is 5.42. The average Bonchev–Trinajstić information content (AvgIpc) is 2.75. The van der Waals surface area contributed by atoms with Gasteiger partial charge in [-0.15, -0.1) is 0 Å². The Labute approximate surface area is 183 Å². The van der Waals surface area contributed by atoms with E-state index in [2.05, 4.69) is 11.8 Å². The van der Waals surface area contributed by atoms with Crippen LogP contribution in [0.25, 0.3) is 22.1 Å². The summed E-state index contributed by atoms with van der Waals surface area (Å²) in [5, 5.41) is 10.5. The number of hydrogen-bond donors (Lipinski definition) is 1. The first kappa shape index (κ1) is 22.2. The molecule has 0 amide bonds. The van der Waals surface area contributed by atoms with Crippen LogP contribution in [0.3, 0.4) is 0 Å². The summed E-state index contributed by atoms with van der Waals surface area (Å²) >= 11 is 0. The topological polar surface area (TPSA) is 62.9 Å². The van der Waals surface area contributed by atoms with Crippen LogP contribution >= 0.6 is 0 Å². The van der Waals surface area contributed by atoms with Gasteiger partial charge >= 0.3 is 6.18 Å². The highest BCUT2D eigenvalue weighted by molar-refractivity contribution is 5.87. The zero-order chi connectivity index (χ0) is 23.0. The normalized spacial score (nSPS) is 17.6. The van der Waals surface area contributed by atoms with E-state index < -0.39 is 22.9 Å². The van der Waals surface area contributed by atoms with Gasteiger partial charge in [0, 0.05) is 13.1 Å². The molecule has 1 aliphatic heterocycles. The lowest BCUT2D eigenvalue weighted by atomic mass is 9.98. The number of halogens is 3. The maximum Gasteiger partial charge on any atom is 0.450 e. The highest BCUT2D eigenvalue weighted by Gasteiger charge is 2.40. The molecular weight excluding hydrogens is 423 g/mol. The summed E-state index contributed by atoms with van der Waals surface area (Å²) in [7, 11) is 1.44. The first-order valence-electron chi connectivity index (χ1n) is 10.4. The Bertz CT molecular complexity index is 1190. The molecule has 3 aromatic rings. The third kappa shape index (κ3) is 4.19. The first-order chi connectivity index (χ1) is 15.2. The Morgan fingerprint density at radius 2 is 1.91 bits per heavy atom. The zero-order valence-electron chi connectivity index (χ0n) is 17.8. The molecule has 8 heteroatoms. The fraction of sp³-hybridized carbons (Fsp3) is 0.375. The zero-order valence-corrected chi connectivity index (χ0v) is 17.8. The largest absolute Gasteiger partial charge is 0.507 e. The standard InChI is InChI=1S/C24H24F3NO4/c1-14-4-3-11-28(12-14)13-18-19(29)10-9-17-21(30)20(15-5-7-16(31-2)8-6-15)23(24(25,26)27)32-22(17)18/h5-10,14,29H,3-4,11-13H2,1-2H3/t14-/m0/s1. The van der Waals surface area contributed by atoms with Crippen molar-refractivity contribution in [1.82, 2.24) is 4.90 Å². The molecular formula is C24H24F3NO4. The fourth-order valence-electron chi connectivity index (χ4n) is 4.33. The number of rotatable bonds is 4. The van der Waals surface area contributed by atoms with Gasteiger partial charge in [-0.25, -0.2) is 0 Å². The van der Waals surface area contributed by atoms with Crippen molar-refractivity contribution in [2.24, 2.45) is 5.92 Å². The van der Waals surface area contributed by atoms with Crippen LogP contribution in [-0.4, -0.2) is 30.2 Å². The lowest BCUT2D eigenvalue weighted by Gasteiger charge is -2.31. The van der Waals surface area contributed by atoms with Gasteiger partial charge in [-0.1, -0.05) is 19.1 Å².